The van der Waals surface area contributed by atoms with Gasteiger partial charge in [0.15, 0.2) is 5.71 Å². The van der Waals surface area contributed by atoms with Gasteiger partial charge in [-0.25, -0.2) is 13.1 Å². The highest BCUT2D eigenvalue weighted by Crippen LogP contribution is 2.25. The molecule has 0 aliphatic carbocycles. The fourth-order valence-corrected chi connectivity index (χ4v) is 3.26. The van der Waals surface area contributed by atoms with Gasteiger partial charge in [0.05, 0.1) is 16.3 Å². The number of oxime groups is 1. The fraction of sp³-hybridized carbons (Fsp3) is 0.118. The molecule has 3 rings (SSSR count). The van der Waals surface area contributed by atoms with Crippen molar-refractivity contribution in [1.29, 1.82) is 0 Å². The number of benzene rings is 2. The van der Waals surface area contributed by atoms with Crippen LogP contribution in [0.15, 0.2) is 57.6 Å². The molecule has 0 saturated heterocycles. The maximum atomic E-state index is 12.2. The van der Waals surface area contributed by atoms with Gasteiger partial charge in [-0.05, 0) is 49.0 Å². The average Bonchev–Trinajstić information content (AvgIpc) is 2.99. The number of nitrogens with one attached hydrogen (secondary N) is 3. The first-order valence-electron chi connectivity index (χ1n) is 7.92. The molecule has 0 aromatic heterocycles. The maximum absolute atomic E-state index is 12.2. The Morgan fingerprint density at radius 1 is 1.19 bits per heavy atom. The van der Waals surface area contributed by atoms with Gasteiger partial charge in [0.1, 0.15) is 0 Å². The lowest BCUT2D eigenvalue weighted by molar-refractivity contribution is -0.110. The van der Waals surface area contributed by atoms with E-state index in [0.717, 1.165) is 5.56 Å². The van der Waals surface area contributed by atoms with Crippen LogP contribution in [0.3, 0.4) is 0 Å². The molecular formula is C17H17N5O4S. The Morgan fingerprint density at radius 2 is 1.93 bits per heavy atom. The number of carbonyl (C=O) groups excluding carboxylic acids is 1. The van der Waals surface area contributed by atoms with E-state index < -0.39 is 10.0 Å². The molecule has 0 fully saturated rings. The number of hydrazone groups is 1. The number of fused-ring (bicyclic) bond motifs is 1. The van der Waals surface area contributed by atoms with E-state index in [1.165, 1.54) is 25.4 Å². The van der Waals surface area contributed by atoms with Crippen molar-refractivity contribution in [2.75, 3.05) is 17.8 Å². The summed E-state index contributed by atoms with van der Waals surface area (Å²) in [5.74, 6) is -0.347. The van der Waals surface area contributed by atoms with Gasteiger partial charge in [0, 0.05) is 18.2 Å². The van der Waals surface area contributed by atoms with Gasteiger partial charge in [-0.2, -0.15) is 5.10 Å². The first-order valence-corrected chi connectivity index (χ1v) is 9.41. The molecule has 0 radical (unpaired) electrons. The Bertz CT molecular complexity index is 1030. The van der Waals surface area contributed by atoms with Gasteiger partial charge in [-0.3, -0.25) is 10.2 Å². The van der Waals surface area contributed by atoms with Crippen LogP contribution in [-0.2, 0) is 21.2 Å². The molecule has 0 atom stereocenters. The van der Waals surface area contributed by atoms with Crippen LogP contribution in [0.25, 0.3) is 0 Å². The molecule has 140 valence electrons. The van der Waals surface area contributed by atoms with Crippen LogP contribution < -0.4 is 15.5 Å². The zero-order valence-electron chi connectivity index (χ0n) is 14.3. The SMILES string of the molecule is CNS(=O)(=O)c1ccc(NN=C2C(=O)Nc3ccc(CC=NO)cc32)cc1. The third-order valence-electron chi connectivity index (χ3n) is 3.94. The Kier molecular flexibility index (Phi) is 5.19. The third-order valence-corrected chi connectivity index (χ3v) is 5.37. The molecular weight excluding hydrogens is 370 g/mol. The molecule has 0 saturated carbocycles. The van der Waals surface area contributed by atoms with Crippen LogP contribution in [0.1, 0.15) is 11.1 Å². The number of sulfonamides is 1. The van der Waals surface area contributed by atoms with Crippen molar-refractivity contribution in [2.45, 2.75) is 11.3 Å². The topological polar surface area (TPSA) is 132 Å². The van der Waals surface area contributed by atoms with E-state index in [2.05, 4.69) is 25.7 Å². The van der Waals surface area contributed by atoms with Crippen molar-refractivity contribution in [1.82, 2.24) is 4.72 Å². The molecule has 2 aromatic rings. The highest BCUT2D eigenvalue weighted by Gasteiger charge is 2.26. The molecule has 10 heteroatoms. The molecule has 1 heterocycles. The number of hydrogen-bond acceptors (Lipinski definition) is 7. The van der Waals surface area contributed by atoms with Crippen LogP contribution in [0.4, 0.5) is 11.4 Å². The second-order valence-electron chi connectivity index (χ2n) is 5.64. The van der Waals surface area contributed by atoms with Crippen LogP contribution in [-0.4, -0.2) is 38.5 Å². The first kappa shape index (κ1) is 18.5. The lowest BCUT2D eigenvalue weighted by Crippen LogP contribution is -2.18. The van der Waals surface area contributed by atoms with Crippen molar-refractivity contribution >= 4 is 39.2 Å². The molecule has 1 amide bonds. The summed E-state index contributed by atoms with van der Waals surface area (Å²) in [6, 6.07) is 11.3. The van der Waals surface area contributed by atoms with Gasteiger partial charge in [-0.1, -0.05) is 6.07 Å². The van der Waals surface area contributed by atoms with E-state index in [-0.39, 0.29) is 16.5 Å². The van der Waals surface area contributed by atoms with Gasteiger partial charge < -0.3 is 10.5 Å². The second kappa shape index (κ2) is 7.56. The predicted molar refractivity (Wildman–Crippen MR) is 102 cm³/mol. The summed E-state index contributed by atoms with van der Waals surface area (Å²) in [6.07, 6.45) is 1.77. The molecule has 0 spiro atoms. The summed E-state index contributed by atoms with van der Waals surface area (Å²) in [7, 11) is -2.18. The normalized spacial score (nSPS) is 15.1. The van der Waals surface area contributed by atoms with Crippen LogP contribution in [0, 0.1) is 0 Å². The highest BCUT2D eigenvalue weighted by molar-refractivity contribution is 7.89. The zero-order valence-corrected chi connectivity index (χ0v) is 15.1. The largest absolute Gasteiger partial charge is 0.411 e. The smallest absolute Gasteiger partial charge is 0.276 e. The Balaban J connectivity index is 1.83. The quantitative estimate of drug-likeness (QED) is 0.338. The van der Waals surface area contributed by atoms with Gasteiger partial charge >= 0.3 is 0 Å². The molecule has 1 aliphatic heterocycles. The van der Waals surface area contributed by atoms with E-state index in [1.54, 1.807) is 24.3 Å². The minimum Gasteiger partial charge on any atom is -0.411 e. The fourth-order valence-electron chi connectivity index (χ4n) is 2.53. The minimum absolute atomic E-state index is 0.127. The minimum atomic E-state index is -3.51. The Hall–Kier alpha value is -3.24. The van der Waals surface area contributed by atoms with Crippen molar-refractivity contribution in [3.05, 3.63) is 53.6 Å². The third kappa shape index (κ3) is 3.96. The predicted octanol–water partition coefficient (Wildman–Crippen LogP) is 1.37. The number of hydrogen-bond donors (Lipinski definition) is 4. The highest BCUT2D eigenvalue weighted by atomic mass is 32.2. The number of carbonyl (C=O) groups is 1. The first-order chi connectivity index (χ1) is 12.9. The van der Waals surface area contributed by atoms with Gasteiger partial charge in [-0.15, -0.1) is 5.16 Å². The summed E-state index contributed by atoms with van der Waals surface area (Å²) < 4.78 is 25.7. The van der Waals surface area contributed by atoms with Gasteiger partial charge in [0.25, 0.3) is 5.91 Å². The van der Waals surface area contributed by atoms with E-state index in [9.17, 15) is 13.2 Å². The van der Waals surface area contributed by atoms with Crippen LogP contribution >= 0.6 is 0 Å². The molecule has 0 bridgehead atoms. The summed E-state index contributed by atoms with van der Waals surface area (Å²) in [4.78, 5) is 12.3. The molecule has 2 aromatic carbocycles. The molecule has 9 nitrogen and oxygen atoms in total. The second-order valence-corrected chi connectivity index (χ2v) is 7.53. The maximum Gasteiger partial charge on any atom is 0.276 e. The number of nitrogens with zero attached hydrogens (tertiary/aromatic N) is 2. The number of anilines is 2. The molecule has 0 unspecified atom stereocenters. The van der Waals surface area contributed by atoms with Crippen LogP contribution in [0.5, 0.6) is 0 Å². The van der Waals surface area contributed by atoms with E-state index in [0.29, 0.717) is 23.4 Å². The summed E-state index contributed by atoms with van der Waals surface area (Å²) in [5.41, 5.74) is 5.63. The molecule has 1 aliphatic rings. The average molecular weight is 387 g/mol. The summed E-state index contributed by atoms with van der Waals surface area (Å²) in [5, 5.41) is 18.4. The molecule has 27 heavy (non-hydrogen) atoms. The standard InChI is InChI=1S/C17H17N5O4S/c1-18-27(25,26)13-5-3-12(4-6-13)21-22-16-14-10-11(8-9-19-24)2-7-15(14)20-17(16)23/h2-7,9-10,18,21,24H,8H2,1H3,(H,20,22,23). The Morgan fingerprint density at radius 3 is 2.59 bits per heavy atom. The van der Waals surface area contributed by atoms with Crippen molar-refractivity contribution in [2.24, 2.45) is 10.3 Å². The van der Waals surface area contributed by atoms with Crippen LogP contribution in [0.2, 0.25) is 0 Å². The lowest BCUT2D eigenvalue weighted by atomic mass is 10.1. The number of rotatable bonds is 6. The Labute approximate surface area is 155 Å². The lowest BCUT2D eigenvalue weighted by Gasteiger charge is -2.05. The monoisotopic (exact) mass is 387 g/mol. The van der Waals surface area contributed by atoms with E-state index >= 15 is 0 Å². The summed E-state index contributed by atoms with van der Waals surface area (Å²) >= 11 is 0. The van der Waals surface area contributed by atoms with Crippen molar-refractivity contribution < 1.29 is 18.4 Å². The van der Waals surface area contributed by atoms with Crippen molar-refractivity contribution in [3.8, 4) is 0 Å². The van der Waals surface area contributed by atoms with Gasteiger partial charge in [0.2, 0.25) is 10.0 Å². The van der Waals surface area contributed by atoms with E-state index in [1.807, 2.05) is 6.07 Å². The van der Waals surface area contributed by atoms with E-state index in [4.69, 9.17) is 5.21 Å². The molecule has 4 N–H and O–H groups in total. The number of amides is 1. The zero-order chi connectivity index (χ0) is 19.4. The van der Waals surface area contributed by atoms with Crippen molar-refractivity contribution in [3.63, 3.8) is 0 Å². The summed E-state index contributed by atoms with van der Waals surface area (Å²) in [6.45, 7) is 0.